The molecule has 2 aromatic rings. The Balaban J connectivity index is 0.00000162. The second-order valence-electron chi connectivity index (χ2n) is 3.77. The number of nitrogens with one attached hydrogen (secondary N) is 1. The fraction of sp³-hybridized carbons (Fsp3) is 0.231. The summed E-state index contributed by atoms with van der Waals surface area (Å²) in [7, 11) is 1.84. The van der Waals surface area contributed by atoms with Crippen molar-refractivity contribution in [2.24, 2.45) is 7.05 Å². The van der Waals surface area contributed by atoms with Crippen molar-refractivity contribution in [3.63, 3.8) is 0 Å². The minimum atomic E-state index is 0. The molecule has 18 heavy (non-hydrogen) atoms. The lowest BCUT2D eigenvalue weighted by Gasteiger charge is -2.01. The third-order valence-corrected chi connectivity index (χ3v) is 2.41. The summed E-state index contributed by atoms with van der Waals surface area (Å²) in [5.74, 6) is 0. The van der Waals surface area contributed by atoms with Crippen molar-refractivity contribution < 1.29 is 0 Å². The molecule has 0 unspecified atom stereocenters. The van der Waals surface area contributed by atoms with Crippen molar-refractivity contribution in [3.05, 3.63) is 48.7 Å². The van der Waals surface area contributed by atoms with Gasteiger partial charge >= 0.3 is 0 Å². The molecule has 0 amide bonds. The van der Waals surface area contributed by atoms with Crippen molar-refractivity contribution in [2.45, 2.75) is 6.54 Å². The molecular formula is C13H17ClN4. The van der Waals surface area contributed by atoms with E-state index in [0.29, 0.717) is 6.54 Å². The zero-order chi connectivity index (χ0) is 12.1. The first-order valence-electron chi connectivity index (χ1n) is 5.58. The van der Waals surface area contributed by atoms with E-state index < -0.39 is 0 Å². The number of nitrogens with zero attached hydrogens (tertiary/aromatic N) is 3. The molecular weight excluding hydrogens is 248 g/mol. The minimum Gasteiger partial charge on any atom is -0.308 e. The minimum absolute atomic E-state index is 0. The van der Waals surface area contributed by atoms with E-state index in [-0.39, 0.29) is 12.4 Å². The van der Waals surface area contributed by atoms with Gasteiger partial charge in [0.25, 0.3) is 0 Å². The summed E-state index contributed by atoms with van der Waals surface area (Å²) in [5.41, 5.74) is 2.99. The number of rotatable bonds is 5. The smallest absolute Gasteiger partial charge is 0.117 e. The van der Waals surface area contributed by atoms with E-state index in [4.69, 9.17) is 0 Å². The molecule has 0 atom stereocenters. The Labute approximate surface area is 113 Å². The molecule has 0 aliphatic carbocycles. The predicted octanol–water partition coefficient (Wildman–Crippen LogP) is 2.18. The van der Waals surface area contributed by atoms with Gasteiger partial charge in [0.2, 0.25) is 0 Å². The largest absolute Gasteiger partial charge is 0.308 e. The summed E-state index contributed by atoms with van der Waals surface area (Å²) < 4.78 is 0. The molecule has 2 rings (SSSR count). The number of aryl methyl sites for hydroxylation is 1. The van der Waals surface area contributed by atoms with Crippen molar-refractivity contribution in [1.29, 1.82) is 0 Å². The Morgan fingerprint density at radius 3 is 2.67 bits per heavy atom. The van der Waals surface area contributed by atoms with E-state index in [0.717, 1.165) is 23.5 Å². The van der Waals surface area contributed by atoms with E-state index in [1.807, 2.05) is 43.5 Å². The zero-order valence-electron chi connectivity index (χ0n) is 10.3. The molecule has 1 N–H and O–H groups in total. The quantitative estimate of drug-likeness (QED) is 0.665. The number of hydrogen-bond donors (Lipinski definition) is 1. The monoisotopic (exact) mass is 264 g/mol. The Morgan fingerprint density at radius 1 is 1.28 bits per heavy atom. The van der Waals surface area contributed by atoms with Gasteiger partial charge in [0.1, 0.15) is 11.4 Å². The van der Waals surface area contributed by atoms with Gasteiger partial charge in [0.05, 0.1) is 0 Å². The lowest BCUT2D eigenvalue weighted by atomic mass is 10.1. The molecule has 4 nitrogen and oxygen atoms in total. The van der Waals surface area contributed by atoms with Crippen LogP contribution in [0.2, 0.25) is 0 Å². The number of hydrogen-bond acceptors (Lipinski definition) is 3. The molecule has 5 heteroatoms. The van der Waals surface area contributed by atoms with Crippen LogP contribution in [0.1, 0.15) is 5.69 Å². The fourth-order valence-corrected chi connectivity index (χ4v) is 1.68. The van der Waals surface area contributed by atoms with Crippen LogP contribution in [0.4, 0.5) is 0 Å². The van der Waals surface area contributed by atoms with E-state index in [1.165, 1.54) is 0 Å². The molecule has 1 aromatic carbocycles. The number of halogens is 1. The molecule has 96 valence electrons. The molecule has 1 heterocycles. The van der Waals surface area contributed by atoms with Gasteiger partial charge in [-0.05, 0) is 0 Å². The highest BCUT2D eigenvalue weighted by Crippen LogP contribution is 2.19. The Morgan fingerprint density at radius 2 is 2.00 bits per heavy atom. The molecule has 0 saturated carbocycles. The Hall–Kier alpha value is -1.65. The predicted molar refractivity (Wildman–Crippen MR) is 75.6 cm³/mol. The van der Waals surface area contributed by atoms with Gasteiger partial charge in [-0.25, -0.2) is 0 Å². The van der Waals surface area contributed by atoms with Crippen LogP contribution >= 0.6 is 12.4 Å². The maximum atomic E-state index is 4.40. The Kier molecular flexibility index (Phi) is 5.55. The van der Waals surface area contributed by atoms with Crippen molar-refractivity contribution >= 4 is 12.4 Å². The van der Waals surface area contributed by atoms with Crippen molar-refractivity contribution in [1.82, 2.24) is 20.3 Å². The summed E-state index contributed by atoms with van der Waals surface area (Å²) in [6.07, 6.45) is 1.83. The first-order chi connectivity index (χ1) is 8.31. The molecule has 0 aliphatic rings. The van der Waals surface area contributed by atoms with Gasteiger partial charge in [-0.3, -0.25) is 0 Å². The van der Waals surface area contributed by atoms with Gasteiger partial charge in [-0.1, -0.05) is 36.4 Å². The number of aromatic nitrogens is 3. The first kappa shape index (κ1) is 14.4. The van der Waals surface area contributed by atoms with Gasteiger partial charge in [0, 0.05) is 25.7 Å². The summed E-state index contributed by atoms with van der Waals surface area (Å²) in [6, 6.07) is 10.1. The van der Waals surface area contributed by atoms with Crippen LogP contribution in [-0.2, 0) is 13.6 Å². The van der Waals surface area contributed by atoms with Gasteiger partial charge in [-0.2, -0.15) is 15.0 Å². The molecule has 0 bridgehead atoms. The highest BCUT2D eigenvalue weighted by atomic mass is 35.5. The third kappa shape index (κ3) is 3.42. The fourth-order valence-electron chi connectivity index (χ4n) is 1.68. The summed E-state index contributed by atoms with van der Waals surface area (Å²) in [6.45, 7) is 5.14. The maximum Gasteiger partial charge on any atom is 0.117 e. The average molecular weight is 265 g/mol. The van der Waals surface area contributed by atoms with E-state index >= 15 is 0 Å². The van der Waals surface area contributed by atoms with Gasteiger partial charge < -0.3 is 5.32 Å². The van der Waals surface area contributed by atoms with Crippen LogP contribution in [-0.4, -0.2) is 21.5 Å². The van der Waals surface area contributed by atoms with Crippen LogP contribution in [0.15, 0.2) is 43.0 Å². The third-order valence-electron chi connectivity index (χ3n) is 2.41. The molecule has 0 fully saturated rings. The summed E-state index contributed by atoms with van der Waals surface area (Å²) in [5, 5.41) is 12.0. The average Bonchev–Trinajstić information content (AvgIpc) is 2.72. The second kappa shape index (κ2) is 6.93. The van der Waals surface area contributed by atoms with E-state index in [1.54, 1.807) is 4.80 Å². The van der Waals surface area contributed by atoms with E-state index in [2.05, 4.69) is 22.1 Å². The van der Waals surface area contributed by atoms with Gasteiger partial charge in [0.15, 0.2) is 0 Å². The maximum absolute atomic E-state index is 4.40. The van der Waals surface area contributed by atoms with Gasteiger partial charge in [-0.15, -0.1) is 19.0 Å². The zero-order valence-corrected chi connectivity index (χ0v) is 11.2. The Bertz CT molecular complexity index is 493. The molecule has 0 radical (unpaired) electrons. The first-order valence-corrected chi connectivity index (χ1v) is 5.58. The highest BCUT2D eigenvalue weighted by molar-refractivity contribution is 5.85. The van der Waals surface area contributed by atoms with Crippen LogP contribution in [0.5, 0.6) is 0 Å². The van der Waals surface area contributed by atoms with Crippen LogP contribution < -0.4 is 5.32 Å². The molecule has 0 saturated heterocycles. The number of benzene rings is 1. The normalized spacial score (nSPS) is 9.83. The standard InChI is InChI=1S/C13H16N4.ClH/c1-3-9-14-10-12-13(16-17(2)15-12)11-7-5-4-6-8-11;/h3-8,14H,1,9-10H2,2H3;1H. The highest BCUT2D eigenvalue weighted by Gasteiger charge is 2.10. The van der Waals surface area contributed by atoms with Crippen LogP contribution in [0, 0.1) is 0 Å². The SMILES string of the molecule is C=CCNCc1nn(C)nc1-c1ccccc1.Cl. The summed E-state index contributed by atoms with van der Waals surface area (Å²) in [4.78, 5) is 1.60. The second-order valence-corrected chi connectivity index (χ2v) is 3.77. The van der Waals surface area contributed by atoms with Crippen molar-refractivity contribution in [2.75, 3.05) is 6.54 Å². The lowest BCUT2D eigenvalue weighted by molar-refractivity contribution is 0.634. The summed E-state index contributed by atoms with van der Waals surface area (Å²) >= 11 is 0. The van der Waals surface area contributed by atoms with Crippen LogP contribution in [0.25, 0.3) is 11.3 Å². The lowest BCUT2D eigenvalue weighted by Crippen LogP contribution is -2.13. The molecule has 1 aromatic heterocycles. The topological polar surface area (TPSA) is 42.7 Å². The van der Waals surface area contributed by atoms with Crippen LogP contribution in [0.3, 0.4) is 0 Å². The van der Waals surface area contributed by atoms with Crippen molar-refractivity contribution in [3.8, 4) is 11.3 Å². The molecule has 0 aliphatic heterocycles. The molecule has 0 spiro atoms. The van der Waals surface area contributed by atoms with E-state index in [9.17, 15) is 0 Å².